The second-order valence-corrected chi connectivity index (χ2v) is 24.2. The second-order valence-electron chi connectivity index (χ2n) is 18.3. The first kappa shape index (κ1) is 60.4. The highest BCUT2D eigenvalue weighted by Gasteiger charge is 2.35. The van der Waals surface area contributed by atoms with Crippen molar-refractivity contribution in [1.29, 1.82) is 0 Å². The fraction of sp³-hybridized carbons (Fsp3) is 0.214. The van der Waals surface area contributed by atoms with Crippen molar-refractivity contribution in [1.82, 2.24) is 29.4 Å². The SMILES string of the molecule is Cc1cc(F)c(S(=O)(=O)N(Cc2cccs2)C[C@@H](O)[C@H](Cc2ccccc2)NC(=O)c2ccnnc2)cc1F.Cc1cccc(S(=O)(=O)N(Cc2cccs2)C[C@@H](O)[C@H](Cc2ccccc2)NC(=O)c2cc(F)c(F)c(O)c2F)c1. The molecule has 8 aromatic rings. The van der Waals surface area contributed by atoms with Gasteiger partial charge in [0, 0.05) is 35.9 Å². The van der Waals surface area contributed by atoms with Crippen molar-refractivity contribution in [2.24, 2.45) is 0 Å². The molecule has 5 N–H and O–H groups in total. The van der Waals surface area contributed by atoms with Crippen LogP contribution in [0.4, 0.5) is 22.0 Å². The van der Waals surface area contributed by atoms with Crippen LogP contribution in [0.2, 0.25) is 0 Å². The number of nitrogens with one attached hydrogen (secondary N) is 2. The maximum atomic E-state index is 14.8. The zero-order chi connectivity index (χ0) is 57.7. The van der Waals surface area contributed by atoms with Gasteiger partial charge in [-0.1, -0.05) is 84.9 Å². The first-order valence-electron chi connectivity index (χ1n) is 24.4. The molecule has 4 atom stereocenters. The van der Waals surface area contributed by atoms with Gasteiger partial charge in [0.05, 0.1) is 52.7 Å². The topological polar surface area (TPSA) is 219 Å². The monoisotopic (exact) mass is 1180 g/mol. The molecule has 420 valence electrons. The Hall–Kier alpha value is -7.29. The van der Waals surface area contributed by atoms with E-state index in [9.17, 15) is 63.7 Å². The second kappa shape index (κ2) is 27.2. The Labute approximate surface area is 466 Å². The van der Waals surface area contributed by atoms with Crippen molar-refractivity contribution in [3.8, 4) is 5.75 Å². The summed E-state index contributed by atoms with van der Waals surface area (Å²) in [5.41, 5.74) is 1.34. The van der Waals surface area contributed by atoms with E-state index in [0.29, 0.717) is 33.0 Å². The summed E-state index contributed by atoms with van der Waals surface area (Å²) in [7, 11) is -8.72. The zero-order valence-electron chi connectivity index (χ0n) is 42.7. The van der Waals surface area contributed by atoms with Crippen LogP contribution < -0.4 is 10.6 Å². The lowest BCUT2D eigenvalue weighted by Crippen LogP contribution is -2.50. The third kappa shape index (κ3) is 15.5. The van der Waals surface area contributed by atoms with Gasteiger partial charge in [0.15, 0.2) is 17.4 Å². The van der Waals surface area contributed by atoms with E-state index < -0.39 is 115 Å². The zero-order valence-corrected chi connectivity index (χ0v) is 45.9. The number of amides is 2. The Morgan fingerprint density at radius 2 is 1.15 bits per heavy atom. The molecule has 0 aliphatic carbocycles. The number of rotatable bonds is 22. The fourth-order valence-corrected chi connectivity index (χ4v) is 12.8. The van der Waals surface area contributed by atoms with Crippen LogP contribution >= 0.6 is 22.7 Å². The Morgan fingerprint density at radius 1 is 0.600 bits per heavy atom. The van der Waals surface area contributed by atoms with Crippen LogP contribution in [0.25, 0.3) is 0 Å². The number of hydrogen-bond acceptors (Lipinski definition) is 13. The fourth-order valence-electron chi connectivity index (χ4n) is 8.19. The quantitative estimate of drug-likeness (QED) is 0.0320. The number of thiophene rings is 2. The first-order chi connectivity index (χ1) is 38.1. The standard InChI is InChI=1S/C29H27F3N2O5S2.C27H26F2N4O4S2/c1-18-7-5-11-21(13-18)41(38,39)34(16-20-10-6-12-40-20)17-25(35)24(14-19-8-3-2-4-9-19)33-29(37)22-15-23(30)27(32)28(36)26(22)31;1-18-12-23(29)26(14-22(18)28)39(36,37)33(16-21-8-5-11-38-21)17-25(34)24(13-19-6-3-2-4-7-19)32-27(35)20-9-10-30-31-15-20/h2-13,15,24-25,35-36H,14,16-17H2,1H3,(H,33,37);2-12,14-15,24-25,34H,13,16-17H2,1H3,(H,32,35)/t2*24-,25+/m00/s1. The molecule has 2 amide bonds. The third-order valence-electron chi connectivity index (χ3n) is 12.4. The van der Waals surface area contributed by atoms with Gasteiger partial charge in [-0.25, -0.2) is 34.4 Å². The minimum atomic E-state index is -4.60. The van der Waals surface area contributed by atoms with Gasteiger partial charge in [-0.15, -0.1) is 22.7 Å². The number of sulfonamides is 2. The van der Waals surface area contributed by atoms with Gasteiger partial charge in [0.1, 0.15) is 16.5 Å². The number of benzene rings is 5. The molecule has 15 nitrogen and oxygen atoms in total. The van der Waals surface area contributed by atoms with E-state index in [-0.39, 0.29) is 42.0 Å². The lowest BCUT2D eigenvalue weighted by atomic mass is 10.00. The van der Waals surface area contributed by atoms with Gasteiger partial charge in [-0.2, -0.15) is 23.2 Å². The summed E-state index contributed by atoms with van der Waals surface area (Å²) >= 11 is 2.61. The number of aliphatic hydroxyl groups is 2. The molecule has 0 unspecified atom stereocenters. The molecule has 8 rings (SSSR count). The average Bonchev–Trinajstić information content (AvgIpc) is 4.23. The molecular formula is C56H53F5N6O9S4. The molecular weight excluding hydrogens is 1120 g/mol. The molecule has 0 saturated carbocycles. The maximum Gasteiger partial charge on any atom is 0.254 e. The number of halogens is 5. The highest BCUT2D eigenvalue weighted by atomic mass is 32.2. The normalized spacial score (nSPS) is 13.2. The Morgan fingerprint density at radius 3 is 1.66 bits per heavy atom. The molecule has 80 heavy (non-hydrogen) atoms. The Balaban J connectivity index is 0.000000231. The lowest BCUT2D eigenvalue weighted by molar-refractivity contribution is 0.0773. The van der Waals surface area contributed by atoms with E-state index in [1.165, 1.54) is 60.2 Å². The number of aliphatic hydroxyl groups excluding tert-OH is 2. The van der Waals surface area contributed by atoms with Gasteiger partial charge >= 0.3 is 0 Å². The molecule has 5 aromatic carbocycles. The van der Waals surface area contributed by atoms with Crippen molar-refractivity contribution in [3.63, 3.8) is 0 Å². The molecule has 0 aliphatic heterocycles. The minimum Gasteiger partial charge on any atom is -0.503 e. The van der Waals surface area contributed by atoms with Crippen LogP contribution in [0, 0.1) is 42.9 Å². The number of aryl methyl sites for hydroxylation is 2. The predicted molar refractivity (Wildman–Crippen MR) is 291 cm³/mol. The lowest BCUT2D eigenvalue weighted by Gasteiger charge is -2.30. The van der Waals surface area contributed by atoms with E-state index in [1.807, 2.05) is 18.2 Å². The Bertz CT molecular complexity index is 3600. The molecule has 0 bridgehead atoms. The Kier molecular flexibility index (Phi) is 20.6. The number of phenols is 1. The summed E-state index contributed by atoms with van der Waals surface area (Å²) < 4.78 is 128. The van der Waals surface area contributed by atoms with Gasteiger partial charge in [-0.3, -0.25) is 9.59 Å². The summed E-state index contributed by atoms with van der Waals surface area (Å²) in [4.78, 5) is 26.4. The van der Waals surface area contributed by atoms with E-state index >= 15 is 0 Å². The van der Waals surface area contributed by atoms with E-state index in [4.69, 9.17) is 0 Å². The summed E-state index contributed by atoms with van der Waals surface area (Å²) in [5.74, 6) is -10.5. The first-order valence-corrected chi connectivity index (χ1v) is 29.0. The van der Waals surface area contributed by atoms with Gasteiger partial charge in [-0.05, 0) is 108 Å². The van der Waals surface area contributed by atoms with Crippen molar-refractivity contribution in [2.45, 2.75) is 73.9 Å². The molecule has 0 saturated heterocycles. The number of hydrogen-bond donors (Lipinski definition) is 5. The number of aromatic hydroxyl groups is 1. The molecule has 0 fully saturated rings. The van der Waals surface area contributed by atoms with Crippen molar-refractivity contribution in [2.75, 3.05) is 13.1 Å². The summed E-state index contributed by atoms with van der Waals surface area (Å²) in [5, 5.41) is 48.3. The molecule has 3 aromatic heterocycles. The highest BCUT2D eigenvalue weighted by Crippen LogP contribution is 2.29. The van der Waals surface area contributed by atoms with Crippen molar-refractivity contribution in [3.05, 3.63) is 229 Å². The van der Waals surface area contributed by atoms with Gasteiger partial charge in [0.2, 0.25) is 25.9 Å². The highest BCUT2D eigenvalue weighted by molar-refractivity contribution is 7.89. The molecule has 3 heterocycles. The van der Waals surface area contributed by atoms with Crippen molar-refractivity contribution < 1.29 is 63.7 Å². The minimum absolute atomic E-state index is 0.0115. The van der Waals surface area contributed by atoms with Crippen LogP contribution in [-0.4, -0.2) is 100 Å². The van der Waals surface area contributed by atoms with Crippen LogP contribution in [0.1, 0.15) is 52.7 Å². The number of carbonyl (C=O) groups excluding carboxylic acids is 2. The molecule has 0 spiro atoms. The van der Waals surface area contributed by atoms with Crippen LogP contribution in [0.3, 0.4) is 0 Å². The third-order valence-corrected chi connectivity index (χ3v) is 17.8. The number of aromatic nitrogens is 2. The van der Waals surface area contributed by atoms with Crippen molar-refractivity contribution >= 4 is 54.5 Å². The summed E-state index contributed by atoms with van der Waals surface area (Å²) in [6, 6.07) is 32.0. The molecule has 0 radical (unpaired) electrons. The van der Waals surface area contributed by atoms with E-state index in [1.54, 1.807) is 96.5 Å². The predicted octanol–water partition coefficient (Wildman–Crippen LogP) is 8.49. The smallest absolute Gasteiger partial charge is 0.254 e. The van der Waals surface area contributed by atoms with Crippen LogP contribution in [0.5, 0.6) is 5.75 Å². The average molecular weight is 1180 g/mol. The van der Waals surface area contributed by atoms with Gasteiger partial charge in [0.25, 0.3) is 11.8 Å². The molecule has 0 aliphatic rings. The number of carbonyl (C=O) groups is 2. The maximum absolute atomic E-state index is 14.8. The summed E-state index contributed by atoms with van der Waals surface area (Å²) in [6.07, 6.45) is -0.168. The van der Waals surface area contributed by atoms with E-state index in [2.05, 4.69) is 20.8 Å². The number of nitrogens with zero attached hydrogens (tertiary/aromatic N) is 4. The molecule has 24 heteroatoms. The number of phenolic OH excluding ortho intramolecular Hbond substituents is 1. The summed E-state index contributed by atoms with van der Waals surface area (Å²) in [6.45, 7) is 1.86. The van der Waals surface area contributed by atoms with Gasteiger partial charge < -0.3 is 26.0 Å². The van der Waals surface area contributed by atoms with Crippen LogP contribution in [-0.2, 0) is 46.0 Å². The largest absolute Gasteiger partial charge is 0.503 e. The van der Waals surface area contributed by atoms with E-state index in [0.717, 1.165) is 20.2 Å². The van der Waals surface area contributed by atoms with Crippen LogP contribution in [0.15, 0.2) is 166 Å².